The maximum atomic E-state index is 12.3. The van der Waals surface area contributed by atoms with E-state index in [2.05, 4.69) is 15.5 Å². The van der Waals surface area contributed by atoms with Crippen LogP contribution in [-0.2, 0) is 11.3 Å². The molecule has 0 atom stereocenters. The lowest BCUT2D eigenvalue weighted by Gasteiger charge is -2.24. The molecule has 6 nitrogen and oxygen atoms in total. The highest BCUT2D eigenvalue weighted by atomic mass is 35.5. The van der Waals surface area contributed by atoms with Crippen LogP contribution in [0.1, 0.15) is 33.0 Å². The molecular formula is C20H23ClN4O2S. The number of carbonyl (C=O) groups excluding carboxylic acids is 1. The molecular weight excluding hydrogens is 396 g/mol. The third-order valence-electron chi connectivity index (χ3n) is 4.41. The molecule has 0 radical (unpaired) electrons. The van der Waals surface area contributed by atoms with E-state index in [1.165, 1.54) is 11.8 Å². The Morgan fingerprint density at radius 2 is 2.00 bits per heavy atom. The Bertz CT molecular complexity index is 920. The van der Waals surface area contributed by atoms with Crippen molar-refractivity contribution in [2.24, 2.45) is 0 Å². The van der Waals surface area contributed by atoms with E-state index in [1.807, 2.05) is 61.7 Å². The van der Waals surface area contributed by atoms with Crippen LogP contribution >= 0.6 is 23.4 Å². The summed E-state index contributed by atoms with van der Waals surface area (Å²) >= 11 is 7.36. The van der Waals surface area contributed by atoms with E-state index < -0.39 is 0 Å². The van der Waals surface area contributed by atoms with E-state index in [9.17, 15) is 4.79 Å². The van der Waals surface area contributed by atoms with Crippen molar-refractivity contribution in [3.63, 3.8) is 0 Å². The molecule has 0 aliphatic rings. The Morgan fingerprint density at radius 3 is 2.64 bits per heavy atom. The van der Waals surface area contributed by atoms with Crippen molar-refractivity contribution in [2.75, 3.05) is 5.75 Å². The Kier molecular flexibility index (Phi) is 6.46. The number of amides is 1. The SMILES string of the molecule is CCC(C)(C)NC(=O)CSc1nnc(-c2ccc(Cl)cc2)n1Cc1ccco1. The zero-order valence-electron chi connectivity index (χ0n) is 16.1. The molecule has 2 heterocycles. The smallest absolute Gasteiger partial charge is 0.230 e. The maximum Gasteiger partial charge on any atom is 0.230 e. The standard InChI is InChI=1S/C20H23ClN4O2S/c1-4-20(2,3)22-17(26)13-28-19-24-23-18(14-7-9-15(21)10-8-14)25(19)12-16-6-5-11-27-16/h5-11H,4,12-13H2,1-3H3,(H,22,26). The van der Waals surface area contributed by atoms with Crippen molar-refractivity contribution in [3.8, 4) is 11.4 Å². The molecule has 0 aliphatic carbocycles. The normalized spacial score (nSPS) is 11.6. The monoisotopic (exact) mass is 418 g/mol. The number of furan rings is 1. The highest BCUT2D eigenvalue weighted by Crippen LogP contribution is 2.26. The summed E-state index contributed by atoms with van der Waals surface area (Å²) in [6.07, 6.45) is 2.49. The number of hydrogen-bond acceptors (Lipinski definition) is 5. The molecule has 0 saturated heterocycles. The summed E-state index contributed by atoms with van der Waals surface area (Å²) in [5, 5.41) is 13.0. The number of hydrogen-bond donors (Lipinski definition) is 1. The Hall–Kier alpha value is -2.25. The lowest BCUT2D eigenvalue weighted by Crippen LogP contribution is -2.43. The van der Waals surface area contributed by atoms with Crippen molar-refractivity contribution >= 4 is 29.3 Å². The van der Waals surface area contributed by atoms with Gasteiger partial charge in [0.05, 0.1) is 18.6 Å². The van der Waals surface area contributed by atoms with Gasteiger partial charge in [0, 0.05) is 16.1 Å². The summed E-state index contributed by atoms with van der Waals surface area (Å²) in [6.45, 7) is 6.54. The number of aromatic nitrogens is 3. The number of nitrogens with one attached hydrogen (secondary N) is 1. The maximum absolute atomic E-state index is 12.3. The minimum absolute atomic E-state index is 0.0301. The number of rotatable bonds is 8. The molecule has 1 N–H and O–H groups in total. The van der Waals surface area contributed by atoms with Crippen molar-refractivity contribution in [1.29, 1.82) is 0 Å². The molecule has 1 aromatic carbocycles. The zero-order chi connectivity index (χ0) is 20.1. The van der Waals surface area contributed by atoms with E-state index in [1.54, 1.807) is 6.26 Å². The fourth-order valence-corrected chi connectivity index (χ4v) is 3.40. The van der Waals surface area contributed by atoms with Crippen LogP contribution in [0.2, 0.25) is 5.02 Å². The van der Waals surface area contributed by atoms with E-state index in [0.717, 1.165) is 17.7 Å². The van der Waals surface area contributed by atoms with Gasteiger partial charge in [-0.1, -0.05) is 30.3 Å². The topological polar surface area (TPSA) is 73.0 Å². The van der Waals surface area contributed by atoms with E-state index in [0.29, 0.717) is 22.5 Å². The van der Waals surface area contributed by atoms with E-state index in [4.69, 9.17) is 16.0 Å². The molecule has 8 heteroatoms. The molecule has 1 amide bonds. The number of nitrogens with zero attached hydrogens (tertiary/aromatic N) is 3. The van der Waals surface area contributed by atoms with Gasteiger partial charge in [0.15, 0.2) is 11.0 Å². The van der Waals surface area contributed by atoms with Gasteiger partial charge in [-0.25, -0.2) is 0 Å². The number of thioether (sulfide) groups is 1. The average molecular weight is 419 g/mol. The third kappa shape index (κ3) is 5.17. The van der Waals surface area contributed by atoms with Crippen LogP contribution in [0.15, 0.2) is 52.2 Å². The highest BCUT2D eigenvalue weighted by Gasteiger charge is 2.20. The largest absolute Gasteiger partial charge is 0.467 e. The summed E-state index contributed by atoms with van der Waals surface area (Å²) < 4.78 is 7.44. The Labute approximate surface area is 173 Å². The van der Waals surface area contributed by atoms with Gasteiger partial charge < -0.3 is 9.73 Å². The molecule has 2 aromatic heterocycles. The minimum atomic E-state index is -0.228. The van der Waals surface area contributed by atoms with Crippen LogP contribution < -0.4 is 5.32 Å². The minimum Gasteiger partial charge on any atom is -0.467 e. The van der Waals surface area contributed by atoms with Crippen molar-refractivity contribution in [2.45, 2.75) is 44.4 Å². The number of carbonyl (C=O) groups is 1. The van der Waals surface area contributed by atoms with Crippen LogP contribution in [0.5, 0.6) is 0 Å². The fourth-order valence-electron chi connectivity index (χ4n) is 2.54. The summed E-state index contributed by atoms with van der Waals surface area (Å²) in [5.41, 5.74) is 0.667. The van der Waals surface area contributed by atoms with Gasteiger partial charge in [-0.15, -0.1) is 10.2 Å². The summed E-state index contributed by atoms with van der Waals surface area (Å²) in [6, 6.07) is 11.2. The lowest BCUT2D eigenvalue weighted by molar-refractivity contribution is -0.120. The second-order valence-electron chi connectivity index (χ2n) is 7.05. The van der Waals surface area contributed by atoms with Crippen molar-refractivity contribution < 1.29 is 9.21 Å². The van der Waals surface area contributed by atoms with Gasteiger partial charge in [-0.05, 0) is 56.7 Å². The van der Waals surface area contributed by atoms with Crippen molar-refractivity contribution in [1.82, 2.24) is 20.1 Å². The quantitative estimate of drug-likeness (QED) is 0.539. The molecule has 3 aromatic rings. The molecule has 0 spiro atoms. The van der Waals surface area contributed by atoms with Gasteiger partial charge in [0.25, 0.3) is 0 Å². The van der Waals surface area contributed by atoms with Crippen LogP contribution in [0.25, 0.3) is 11.4 Å². The first kappa shape index (κ1) is 20.5. The van der Waals surface area contributed by atoms with Gasteiger partial charge in [-0.3, -0.25) is 9.36 Å². The third-order valence-corrected chi connectivity index (χ3v) is 5.63. The Morgan fingerprint density at radius 1 is 1.25 bits per heavy atom. The van der Waals surface area contributed by atoms with Gasteiger partial charge in [-0.2, -0.15) is 0 Å². The lowest BCUT2D eigenvalue weighted by atomic mass is 10.0. The average Bonchev–Trinajstić information content (AvgIpc) is 3.31. The van der Waals surface area contributed by atoms with E-state index in [-0.39, 0.29) is 17.2 Å². The predicted octanol–water partition coefficient (Wildman–Crippen LogP) is 4.64. The molecule has 0 aliphatic heterocycles. The molecule has 0 saturated carbocycles. The van der Waals surface area contributed by atoms with Gasteiger partial charge in [0.1, 0.15) is 5.76 Å². The van der Waals surface area contributed by atoms with Gasteiger partial charge >= 0.3 is 0 Å². The molecule has 0 bridgehead atoms. The molecule has 0 fully saturated rings. The predicted molar refractivity (Wildman–Crippen MR) is 112 cm³/mol. The first-order valence-electron chi connectivity index (χ1n) is 9.03. The molecule has 148 valence electrons. The van der Waals surface area contributed by atoms with Crippen LogP contribution in [0.3, 0.4) is 0 Å². The molecule has 3 rings (SSSR count). The Balaban J connectivity index is 1.82. The van der Waals surface area contributed by atoms with Crippen LogP contribution in [-0.4, -0.2) is 32.0 Å². The summed E-state index contributed by atoms with van der Waals surface area (Å²) in [4.78, 5) is 12.3. The second-order valence-corrected chi connectivity index (χ2v) is 8.43. The summed E-state index contributed by atoms with van der Waals surface area (Å²) in [5.74, 6) is 1.72. The van der Waals surface area contributed by atoms with Crippen LogP contribution in [0.4, 0.5) is 0 Å². The van der Waals surface area contributed by atoms with Gasteiger partial charge in [0.2, 0.25) is 5.91 Å². The fraction of sp³-hybridized carbons (Fsp3) is 0.350. The van der Waals surface area contributed by atoms with Crippen LogP contribution in [0, 0.1) is 0 Å². The zero-order valence-corrected chi connectivity index (χ0v) is 17.7. The first-order chi connectivity index (χ1) is 13.4. The van der Waals surface area contributed by atoms with Crippen molar-refractivity contribution in [3.05, 3.63) is 53.4 Å². The molecule has 0 unspecified atom stereocenters. The number of halogens is 1. The first-order valence-corrected chi connectivity index (χ1v) is 10.4. The number of benzene rings is 1. The van der Waals surface area contributed by atoms with E-state index >= 15 is 0 Å². The summed E-state index contributed by atoms with van der Waals surface area (Å²) in [7, 11) is 0. The molecule has 28 heavy (non-hydrogen) atoms. The highest BCUT2D eigenvalue weighted by molar-refractivity contribution is 7.99. The second kappa shape index (κ2) is 8.84.